The highest BCUT2D eigenvalue weighted by molar-refractivity contribution is 7.89. The average Bonchev–Trinajstić information content (AvgIpc) is 2.88. The van der Waals surface area contributed by atoms with Crippen LogP contribution in [0, 0.1) is 20.8 Å². The van der Waals surface area contributed by atoms with Crippen LogP contribution in [0.3, 0.4) is 0 Å². The first-order chi connectivity index (χ1) is 12.5. The highest BCUT2D eigenvalue weighted by Crippen LogP contribution is 2.18. The van der Waals surface area contributed by atoms with E-state index >= 15 is 0 Å². The molecule has 7 nitrogen and oxygen atoms in total. The minimum absolute atomic E-state index is 0.00115. The van der Waals surface area contributed by atoms with E-state index in [9.17, 15) is 13.2 Å². The Bertz CT molecular complexity index is 880. The van der Waals surface area contributed by atoms with Crippen molar-refractivity contribution in [2.45, 2.75) is 57.9 Å². The molecule has 1 amide bonds. The Morgan fingerprint density at radius 2 is 1.78 bits per heavy atom. The number of hydrogen-bond donors (Lipinski definition) is 2. The maximum Gasteiger partial charge on any atom is 0.245 e. The molecule has 0 aliphatic rings. The van der Waals surface area contributed by atoms with E-state index in [1.54, 1.807) is 6.92 Å². The minimum atomic E-state index is -3.76. The number of hydrogen-bond acceptors (Lipinski definition) is 5. The van der Waals surface area contributed by atoms with Crippen molar-refractivity contribution in [3.63, 3.8) is 0 Å². The van der Waals surface area contributed by atoms with E-state index in [4.69, 9.17) is 4.52 Å². The number of aryl methyl sites for hydroxylation is 3. The molecular formula is C19H27N3O4S. The average molecular weight is 394 g/mol. The molecule has 0 unspecified atom stereocenters. The molecule has 0 fully saturated rings. The van der Waals surface area contributed by atoms with Crippen molar-refractivity contribution in [2.75, 3.05) is 6.54 Å². The van der Waals surface area contributed by atoms with Crippen molar-refractivity contribution in [2.24, 2.45) is 0 Å². The van der Waals surface area contributed by atoms with Crippen molar-refractivity contribution in [3.05, 3.63) is 46.8 Å². The Morgan fingerprint density at radius 1 is 1.15 bits per heavy atom. The third-order valence-corrected chi connectivity index (χ3v) is 5.83. The summed E-state index contributed by atoms with van der Waals surface area (Å²) in [6, 6.07) is 8.16. The van der Waals surface area contributed by atoms with Crippen LogP contribution in [0.1, 0.15) is 42.8 Å². The van der Waals surface area contributed by atoms with Crippen LogP contribution in [0.4, 0.5) is 0 Å². The molecule has 0 aliphatic heterocycles. The molecule has 2 rings (SSSR count). The molecule has 0 saturated heterocycles. The van der Waals surface area contributed by atoms with Crippen LogP contribution in [0.15, 0.2) is 33.7 Å². The van der Waals surface area contributed by atoms with Gasteiger partial charge in [-0.2, -0.15) is 0 Å². The van der Waals surface area contributed by atoms with Gasteiger partial charge in [0.25, 0.3) is 0 Å². The quantitative estimate of drug-likeness (QED) is 0.717. The van der Waals surface area contributed by atoms with Crippen molar-refractivity contribution < 1.29 is 17.7 Å². The molecule has 0 radical (unpaired) electrons. The van der Waals surface area contributed by atoms with Gasteiger partial charge in [-0.15, -0.1) is 0 Å². The predicted octanol–water partition coefficient (Wildman–Crippen LogP) is 2.41. The van der Waals surface area contributed by atoms with Gasteiger partial charge in [-0.3, -0.25) is 4.79 Å². The molecule has 2 aromatic rings. The molecule has 0 atom stereocenters. The molecular weight excluding hydrogens is 366 g/mol. The van der Waals surface area contributed by atoms with E-state index in [1.807, 2.05) is 45.0 Å². The normalized spacial score (nSPS) is 12.2. The highest BCUT2D eigenvalue weighted by atomic mass is 32.2. The summed E-state index contributed by atoms with van der Waals surface area (Å²) >= 11 is 0. The van der Waals surface area contributed by atoms with Gasteiger partial charge in [-0.1, -0.05) is 35.0 Å². The van der Waals surface area contributed by atoms with Gasteiger partial charge in [0.05, 0.1) is 0 Å². The third-order valence-electron chi connectivity index (χ3n) is 4.13. The summed E-state index contributed by atoms with van der Waals surface area (Å²) in [6.45, 7) is 9.01. The fourth-order valence-corrected chi connectivity index (χ4v) is 4.29. The molecule has 0 bridgehead atoms. The Labute approximate surface area is 160 Å². The molecule has 8 heteroatoms. The first kappa shape index (κ1) is 21.1. The first-order valence-electron chi connectivity index (χ1n) is 8.79. The Hall–Kier alpha value is -2.19. The lowest BCUT2D eigenvalue weighted by molar-refractivity contribution is -0.122. The third kappa shape index (κ3) is 5.90. The predicted molar refractivity (Wildman–Crippen MR) is 103 cm³/mol. The van der Waals surface area contributed by atoms with Crippen LogP contribution in [-0.4, -0.2) is 31.6 Å². The molecule has 1 aromatic heterocycles. The van der Waals surface area contributed by atoms with Gasteiger partial charge in [-0.05, 0) is 46.6 Å². The number of aromatic nitrogens is 1. The molecule has 0 spiro atoms. The van der Waals surface area contributed by atoms with Crippen LogP contribution in [0.25, 0.3) is 0 Å². The maximum atomic E-state index is 12.3. The zero-order valence-electron chi connectivity index (χ0n) is 16.4. The van der Waals surface area contributed by atoms with Crippen molar-refractivity contribution in [3.8, 4) is 0 Å². The van der Waals surface area contributed by atoms with E-state index in [2.05, 4.69) is 15.2 Å². The first-order valence-corrected chi connectivity index (χ1v) is 10.3. The second-order valence-electron chi connectivity index (χ2n) is 7.40. The molecule has 2 N–H and O–H groups in total. The molecule has 0 aliphatic carbocycles. The van der Waals surface area contributed by atoms with Crippen molar-refractivity contribution >= 4 is 15.9 Å². The van der Waals surface area contributed by atoms with Gasteiger partial charge < -0.3 is 9.84 Å². The second kappa shape index (κ2) is 8.22. The van der Waals surface area contributed by atoms with Gasteiger partial charge in [0.15, 0.2) is 5.76 Å². The Balaban J connectivity index is 1.87. The van der Waals surface area contributed by atoms with Gasteiger partial charge in [0, 0.05) is 18.5 Å². The van der Waals surface area contributed by atoms with Crippen LogP contribution in [0.2, 0.25) is 0 Å². The fourth-order valence-electron chi connectivity index (χ4n) is 2.93. The van der Waals surface area contributed by atoms with Gasteiger partial charge in [0.2, 0.25) is 15.9 Å². The lowest BCUT2D eigenvalue weighted by Crippen LogP contribution is -2.46. The van der Waals surface area contributed by atoms with E-state index in [0.29, 0.717) is 12.1 Å². The van der Waals surface area contributed by atoms with Gasteiger partial charge >= 0.3 is 0 Å². The molecule has 1 aromatic carbocycles. The number of rotatable bonds is 8. The van der Waals surface area contributed by atoms with Crippen LogP contribution in [-0.2, 0) is 21.2 Å². The summed E-state index contributed by atoms with van der Waals surface area (Å²) in [6.07, 6.45) is 0.726. The van der Waals surface area contributed by atoms with Crippen molar-refractivity contribution in [1.29, 1.82) is 0 Å². The Kier molecular flexibility index (Phi) is 6.43. The highest BCUT2D eigenvalue weighted by Gasteiger charge is 2.25. The zero-order valence-corrected chi connectivity index (χ0v) is 17.2. The lowest BCUT2D eigenvalue weighted by Gasteiger charge is -2.26. The maximum absolute atomic E-state index is 12.3. The van der Waals surface area contributed by atoms with E-state index < -0.39 is 15.6 Å². The molecule has 27 heavy (non-hydrogen) atoms. The summed E-state index contributed by atoms with van der Waals surface area (Å²) in [5.41, 5.74) is 2.17. The van der Waals surface area contributed by atoms with E-state index in [1.165, 1.54) is 12.5 Å². The fraction of sp³-hybridized carbons (Fsp3) is 0.474. The number of carbonyl (C=O) groups is 1. The standard InChI is InChI=1S/C19H27N3O4S/c1-13-6-8-16(9-7-13)12-19(4,5)21-17(23)10-11-20-27(24,25)18-14(2)22-26-15(18)3/h6-9,20H,10-12H2,1-5H3,(H,21,23). The molecule has 1 heterocycles. The summed E-state index contributed by atoms with van der Waals surface area (Å²) in [4.78, 5) is 12.3. The second-order valence-corrected chi connectivity index (χ2v) is 9.10. The number of nitrogens with zero attached hydrogens (tertiary/aromatic N) is 1. The van der Waals surface area contributed by atoms with Crippen LogP contribution >= 0.6 is 0 Å². The number of benzene rings is 1. The molecule has 148 valence electrons. The minimum Gasteiger partial charge on any atom is -0.360 e. The largest absolute Gasteiger partial charge is 0.360 e. The zero-order chi connectivity index (χ0) is 20.2. The summed E-state index contributed by atoms with van der Waals surface area (Å²) in [5.74, 6) is 0.0113. The van der Waals surface area contributed by atoms with Crippen LogP contribution < -0.4 is 10.0 Å². The SMILES string of the molecule is Cc1ccc(CC(C)(C)NC(=O)CCNS(=O)(=O)c2c(C)noc2C)cc1. The number of amides is 1. The van der Waals surface area contributed by atoms with Gasteiger partial charge in [-0.25, -0.2) is 13.1 Å². The molecule has 0 saturated carbocycles. The smallest absolute Gasteiger partial charge is 0.245 e. The van der Waals surface area contributed by atoms with Crippen LogP contribution in [0.5, 0.6) is 0 Å². The lowest BCUT2D eigenvalue weighted by atomic mass is 9.94. The van der Waals surface area contributed by atoms with E-state index in [0.717, 1.165) is 5.56 Å². The summed E-state index contributed by atoms with van der Waals surface area (Å²) in [5, 5.41) is 6.60. The Morgan fingerprint density at radius 3 is 2.33 bits per heavy atom. The van der Waals surface area contributed by atoms with Gasteiger partial charge in [0.1, 0.15) is 10.6 Å². The number of sulfonamides is 1. The summed E-state index contributed by atoms with van der Waals surface area (Å²) in [7, 11) is -3.76. The monoisotopic (exact) mass is 393 g/mol. The number of nitrogens with one attached hydrogen (secondary N) is 2. The summed E-state index contributed by atoms with van der Waals surface area (Å²) < 4.78 is 32.0. The van der Waals surface area contributed by atoms with E-state index in [-0.39, 0.29) is 29.5 Å². The van der Waals surface area contributed by atoms with Crippen molar-refractivity contribution in [1.82, 2.24) is 15.2 Å². The number of carbonyl (C=O) groups excluding carboxylic acids is 1. The topological polar surface area (TPSA) is 101 Å².